The highest BCUT2D eigenvalue weighted by Crippen LogP contribution is 2.29. The molecule has 1 saturated heterocycles. The third-order valence-corrected chi connectivity index (χ3v) is 3.63. The van der Waals surface area contributed by atoms with Crippen molar-refractivity contribution in [2.75, 3.05) is 6.61 Å². The van der Waals surface area contributed by atoms with Crippen molar-refractivity contribution >= 4 is 0 Å². The fourth-order valence-corrected chi connectivity index (χ4v) is 2.60. The number of hydrogen-bond acceptors (Lipinski definition) is 4. The molecule has 0 saturated carbocycles. The normalized spacial score (nSPS) is 22.2. The van der Waals surface area contributed by atoms with Crippen molar-refractivity contribution in [1.29, 1.82) is 0 Å². The zero-order valence-electron chi connectivity index (χ0n) is 11.3. The standard InChI is InChI=1S/C16H19NO3/c18-11-14-7-6-13(20-14)10-17-15-8-9-19-16(15)12-4-2-1-3-5-12/h1-7,15-18H,8-11H2/t15-,16-/m1/s1. The Morgan fingerprint density at radius 2 is 1.90 bits per heavy atom. The largest absolute Gasteiger partial charge is 0.462 e. The second kappa shape index (κ2) is 6.22. The quantitative estimate of drug-likeness (QED) is 0.878. The molecule has 2 atom stereocenters. The summed E-state index contributed by atoms with van der Waals surface area (Å²) in [6, 6.07) is 14.3. The summed E-state index contributed by atoms with van der Waals surface area (Å²) in [5, 5.41) is 12.5. The maximum atomic E-state index is 8.99. The first-order valence-electron chi connectivity index (χ1n) is 6.95. The van der Waals surface area contributed by atoms with E-state index in [1.54, 1.807) is 6.07 Å². The van der Waals surface area contributed by atoms with E-state index >= 15 is 0 Å². The van der Waals surface area contributed by atoms with E-state index in [0.29, 0.717) is 18.3 Å². The summed E-state index contributed by atoms with van der Waals surface area (Å²) >= 11 is 0. The number of nitrogens with one attached hydrogen (secondary N) is 1. The Kier molecular flexibility index (Phi) is 4.16. The van der Waals surface area contributed by atoms with Crippen molar-refractivity contribution in [1.82, 2.24) is 5.32 Å². The van der Waals surface area contributed by atoms with Crippen LogP contribution in [0.2, 0.25) is 0 Å². The van der Waals surface area contributed by atoms with E-state index in [-0.39, 0.29) is 12.7 Å². The van der Waals surface area contributed by atoms with Crippen LogP contribution in [0.5, 0.6) is 0 Å². The maximum absolute atomic E-state index is 8.99. The van der Waals surface area contributed by atoms with Crippen LogP contribution in [0.25, 0.3) is 0 Å². The molecule has 0 radical (unpaired) electrons. The molecule has 1 aromatic heterocycles. The SMILES string of the molecule is OCc1ccc(CN[C@@H]2CCO[C@@H]2c2ccccc2)o1. The van der Waals surface area contributed by atoms with Gasteiger partial charge in [0.05, 0.1) is 12.6 Å². The lowest BCUT2D eigenvalue weighted by atomic mass is 10.0. The highest BCUT2D eigenvalue weighted by Gasteiger charge is 2.29. The highest BCUT2D eigenvalue weighted by atomic mass is 16.5. The molecule has 4 nitrogen and oxygen atoms in total. The summed E-state index contributed by atoms with van der Waals surface area (Å²) < 4.78 is 11.3. The van der Waals surface area contributed by atoms with Crippen LogP contribution in [-0.2, 0) is 17.9 Å². The lowest BCUT2D eigenvalue weighted by Crippen LogP contribution is -2.31. The average molecular weight is 273 g/mol. The first kappa shape index (κ1) is 13.4. The highest BCUT2D eigenvalue weighted by molar-refractivity contribution is 5.20. The van der Waals surface area contributed by atoms with E-state index in [4.69, 9.17) is 14.3 Å². The zero-order chi connectivity index (χ0) is 13.8. The molecule has 2 N–H and O–H groups in total. The lowest BCUT2D eigenvalue weighted by molar-refractivity contribution is 0.0980. The predicted octanol–water partition coefficient (Wildman–Crippen LogP) is 2.39. The van der Waals surface area contributed by atoms with Gasteiger partial charge < -0.3 is 19.6 Å². The minimum atomic E-state index is -0.0564. The van der Waals surface area contributed by atoms with Gasteiger partial charge in [-0.05, 0) is 24.1 Å². The maximum Gasteiger partial charge on any atom is 0.129 e. The van der Waals surface area contributed by atoms with Gasteiger partial charge in [0.2, 0.25) is 0 Å². The van der Waals surface area contributed by atoms with Gasteiger partial charge in [0.15, 0.2) is 0 Å². The Labute approximate surface area is 118 Å². The van der Waals surface area contributed by atoms with Gasteiger partial charge in [0.25, 0.3) is 0 Å². The van der Waals surface area contributed by atoms with Crippen LogP contribution in [0.4, 0.5) is 0 Å². The monoisotopic (exact) mass is 273 g/mol. The van der Waals surface area contributed by atoms with Crippen molar-refractivity contribution in [3.05, 3.63) is 59.5 Å². The molecule has 0 aliphatic carbocycles. The summed E-state index contributed by atoms with van der Waals surface area (Å²) in [5.74, 6) is 1.44. The summed E-state index contributed by atoms with van der Waals surface area (Å²) in [6.45, 7) is 1.37. The molecule has 1 fully saturated rings. The van der Waals surface area contributed by atoms with E-state index < -0.39 is 0 Å². The van der Waals surface area contributed by atoms with E-state index in [1.807, 2.05) is 24.3 Å². The van der Waals surface area contributed by atoms with E-state index in [1.165, 1.54) is 5.56 Å². The molecule has 1 aromatic carbocycles. The topological polar surface area (TPSA) is 54.6 Å². The number of rotatable bonds is 5. The van der Waals surface area contributed by atoms with Crippen LogP contribution >= 0.6 is 0 Å². The number of benzene rings is 1. The summed E-state index contributed by atoms with van der Waals surface area (Å²) in [4.78, 5) is 0. The van der Waals surface area contributed by atoms with Crippen LogP contribution in [0, 0.1) is 0 Å². The molecule has 3 rings (SSSR count). The number of hydrogen-bond donors (Lipinski definition) is 2. The smallest absolute Gasteiger partial charge is 0.129 e. The molecular formula is C16H19NO3. The molecule has 1 aliphatic rings. The second-order valence-electron chi connectivity index (χ2n) is 5.00. The molecular weight excluding hydrogens is 254 g/mol. The molecule has 20 heavy (non-hydrogen) atoms. The molecule has 0 bridgehead atoms. The Morgan fingerprint density at radius 1 is 1.10 bits per heavy atom. The molecule has 0 unspecified atom stereocenters. The minimum absolute atomic E-state index is 0.0564. The average Bonchev–Trinajstić information content (AvgIpc) is 3.15. The molecule has 106 valence electrons. The van der Waals surface area contributed by atoms with Crippen molar-refractivity contribution < 1.29 is 14.3 Å². The Bertz CT molecular complexity index is 538. The lowest BCUT2D eigenvalue weighted by Gasteiger charge is -2.19. The van der Waals surface area contributed by atoms with E-state index in [9.17, 15) is 0 Å². The molecule has 2 heterocycles. The van der Waals surface area contributed by atoms with Gasteiger partial charge in [0, 0.05) is 12.6 Å². The fourth-order valence-electron chi connectivity index (χ4n) is 2.60. The first-order valence-corrected chi connectivity index (χ1v) is 6.95. The van der Waals surface area contributed by atoms with E-state index in [2.05, 4.69) is 17.4 Å². The summed E-state index contributed by atoms with van der Waals surface area (Å²) in [7, 11) is 0. The van der Waals surface area contributed by atoms with Crippen LogP contribution in [0.15, 0.2) is 46.9 Å². The van der Waals surface area contributed by atoms with Crippen molar-refractivity contribution in [3.63, 3.8) is 0 Å². The zero-order valence-corrected chi connectivity index (χ0v) is 11.3. The molecule has 0 amide bonds. The third-order valence-electron chi connectivity index (χ3n) is 3.63. The van der Waals surface area contributed by atoms with E-state index in [0.717, 1.165) is 18.8 Å². The van der Waals surface area contributed by atoms with Gasteiger partial charge in [-0.15, -0.1) is 0 Å². The van der Waals surface area contributed by atoms with Gasteiger partial charge in [-0.2, -0.15) is 0 Å². The summed E-state index contributed by atoms with van der Waals surface area (Å²) in [6.07, 6.45) is 1.09. The van der Waals surface area contributed by atoms with Gasteiger partial charge in [-0.25, -0.2) is 0 Å². The molecule has 4 heteroatoms. The van der Waals surface area contributed by atoms with Crippen molar-refractivity contribution in [3.8, 4) is 0 Å². The number of furan rings is 1. The number of ether oxygens (including phenoxy) is 1. The van der Waals surface area contributed by atoms with Gasteiger partial charge in [-0.1, -0.05) is 30.3 Å². The molecule has 1 aliphatic heterocycles. The van der Waals surface area contributed by atoms with Crippen LogP contribution in [-0.4, -0.2) is 17.8 Å². The van der Waals surface area contributed by atoms with Gasteiger partial charge in [0.1, 0.15) is 18.1 Å². The van der Waals surface area contributed by atoms with Crippen molar-refractivity contribution in [2.45, 2.75) is 31.7 Å². The van der Waals surface area contributed by atoms with Gasteiger partial charge in [-0.3, -0.25) is 0 Å². The fraction of sp³-hybridized carbons (Fsp3) is 0.375. The minimum Gasteiger partial charge on any atom is -0.462 e. The Balaban J connectivity index is 1.61. The molecule has 0 spiro atoms. The van der Waals surface area contributed by atoms with Crippen LogP contribution < -0.4 is 5.32 Å². The van der Waals surface area contributed by atoms with Crippen molar-refractivity contribution in [2.24, 2.45) is 0 Å². The summed E-state index contributed by atoms with van der Waals surface area (Å²) in [5.41, 5.74) is 1.21. The number of aliphatic hydroxyl groups excluding tert-OH is 1. The van der Waals surface area contributed by atoms with Crippen LogP contribution in [0.3, 0.4) is 0 Å². The third kappa shape index (κ3) is 2.93. The predicted molar refractivity (Wildman–Crippen MR) is 75.0 cm³/mol. The number of aliphatic hydroxyl groups is 1. The Hall–Kier alpha value is -1.62. The first-order chi connectivity index (χ1) is 9.86. The second-order valence-corrected chi connectivity index (χ2v) is 5.00. The Morgan fingerprint density at radius 3 is 2.65 bits per heavy atom. The van der Waals surface area contributed by atoms with Crippen LogP contribution in [0.1, 0.15) is 29.6 Å². The van der Waals surface area contributed by atoms with Gasteiger partial charge >= 0.3 is 0 Å². The molecule has 2 aromatic rings.